The third-order valence-corrected chi connectivity index (χ3v) is 3.71. The minimum absolute atomic E-state index is 0.764. The Bertz CT molecular complexity index is 1050. The SMILES string of the molecule is Fc1c(F)c(F)c2c(c1F)N=C/C=C\Nc1c(F)c(F)c(F)c(F)c1N=C/C=C\N2. The lowest BCUT2D eigenvalue weighted by atomic mass is 10.2. The minimum Gasteiger partial charge on any atom is -0.357 e. The van der Waals surface area contributed by atoms with Crippen molar-refractivity contribution in [2.45, 2.75) is 0 Å². The van der Waals surface area contributed by atoms with Crippen LogP contribution in [-0.2, 0) is 0 Å². The molecule has 0 atom stereocenters. The number of benzene rings is 2. The fraction of sp³-hybridized carbons (Fsp3) is 0. The molecule has 0 radical (unpaired) electrons. The first kappa shape index (κ1) is 21.0. The van der Waals surface area contributed by atoms with Gasteiger partial charge in [-0.1, -0.05) is 0 Å². The molecular formula is C18H8F8N4. The molecule has 0 saturated heterocycles. The van der Waals surface area contributed by atoms with Gasteiger partial charge in [-0.3, -0.25) is 9.98 Å². The van der Waals surface area contributed by atoms with E-state index in [2.05, 4.69) is 20.6 Å². The summed E-state index contributed by atoms with van der Waals surface area (Å²) in [5.74, 6) is -15.5. The predicted molar refractivity (Wildman–Crippen MR) is 94.4 cm³/mol. The number of anilines is 2. The van der Waals surface area contributed by atoms with Gasteiger partial charge in [0.2, 0.25) is 0 Å². The predicted octanol–water partition coefficient (Wildman–Crippen LogP) is 5.77. The molecule has 30 heavy (non-hydrogen) atoms. The minimum atomic E-state index is -2.09. The number of hydrogen-bond acceptors (Lipinski definition) is 4. The zero-order valence-corrected chi connectivity index (χ0v) is 14.4. The van der Waals surface area contributed by atoms with Gasteiger partial charge in [-0.15, -0.1) is 0 Å². The van der Waals surface area contributed by atoms with E-state index in [4.69, 9.17) is 0 Å². The Labute approximate surface area is 163 Å². The molecule has 1 aliphatic heterocycles. The van der Waals surface area contributed by atoms with Crippen LogP contribution in [0.15, 0.2) is 34.5 Å². The molecule has 1 aliphatic rings. The highest BCUT2D eigenvalue weighted by atomic mass is 19.2. The summed E-state index contributed by atoms with van der Waals surface area (Å²) >= 11 is 0. The Balaban J connectivity index is 2.14. The summed E-state index contributed by atoms with van der Waals surface area (Å²) in [5, 5.41) is 4.23. The van der Waals surface area contributed by atoms with Crippen LogP contribution in [0.5, 0.6) is 0 Å². The molecule has 2 N–H and O–H groups in total. The van der Waals surface area contributed by atoms with Crippen molar-refractivity contribution < 1.29 is 35.1 Å². The molecule has 0 aliphatic carbocycles. The quantitative estimate of drug-likeness (QED) is 0.316. The molecule has 0 spiro atoms. The fourth-order valence-electron chi connectivity index (χ4n) is 2.33. The Hall–Kier alpha value is -3.70. The van der Waals surface area contributed by atoms with Crippen LogP contribution < -0.4 is 10.6 Å². The third-order valence-electron chi connectivity index (χ3n) is 3.71. The van der Waals surface area contributed by atoms with E-state index in [-0.39, 0.29) is 0 Å². The van der Waals surface area contributed by atoms with Crippen molar-refractivity contribution in [3.05, 3.63) is 71.1 Å². The van der Waals surface area contributed by atoms with Gasteiger partial charge in [-0.25, -0.2) is 35.1 Å². The van der Waals surface area contributed by atoms with Crippen molar-refractivity contribution in [2.24, 2.45) is 9.98 Å². The zero-order chi connectivity index (χ0) is 22.0. The first-order valence-electron chi connectivity index (χ1n) is 7.89. The van der Waals surface area contributed by atoms with E-state index >= 15 is 0 Å². The molecule has 0 unspecified atom stereocenters. The van der Waals surface area contributed by atoms with Crippen LogP contribution in [0, 0.1) is 46.5 Å². The summed E-state index contributed by atoms with van der Waals surface area (Å²) < 4.78 is 110. The van der Waals surface area contributed by atoms with Gasteiger partial charge in [0.1, 0.15) is 22.7 Å². The van der Waals surface area contributed by atoms with E-state index in [1.807, 2.05) is 0 Å². The maximum Gasteiger partial charge on any atom is 0.199 e. The molecule has 156 valence electrons. The standard InChI is InChI=1S/C18H8F8N4/c19-7-9(21)13(25)17-15(11(7)23)27-3-1-4-28-16-12(24)8(20)10(22)14(26)18(16)30-6-2-5-29-17/h1-6,27,30H/b3-1-,6-2-,28-4?,29-5?. The normalized spacial score (nSPS) is 15.5. The number of fused-ring (bicyclic) bond motifs is 2. The molecule has 3 rings (SSSR count). The number of nitrogens with zero attached hydrogens (tertiary/aromatic N) is 2. The Kier molecular flexibility index (Phi) is 5.85. The van der Waals surface area contributed by atoms with Gasteiger partial charge < -0.3 is 10.6 Å². The van der Waals surface area contributed by atoms with Crippen LogP contribution in [-0.4, -0.2) is 12.4 Å². The molecular weight excluding hydrogens is 424 g/mol. The summed E-state index contributed by atoms with van der Waals surface area (Å²) in [6.07, 6.45) is 5.08. The number of hydrogen-bond donors (Lipinski definition) is 2. The number of aliphatic imine (C=N–C) groups is 2. The Morgan fingerprint density at radius 1 is 0.467 bits per heavy atom. The van der Waals surface area contributed by atoms with E-state index in [0.29, 0.717) is 0 Å². The summed E-state index contributed by atoms with van der Waals surface area (Å²) in [4.78, 5) is 6.92. The highest BCUT2D eigenvalue weighted by molar-refractivity contribution is 5.83. The molecule has 4 nitrogen and oxygen atoms in total. The number of rotatable bonds is 0. The number of halogens is 8. The van der Waals surface area contributed by atoms with Gasteiger partial charge in [-0.2, -0.15) is 0 Å². The second kappa shape index (κ2) is 8.35. The van der Waals surface area contributed by atoms with E-state index in [1.54, 1.807) is 0 Å². The van der Waals surface area contributed by atoms with Crippen LogP contribution in [0.1, 0.15) is 0 Å². The first-order valence-corrected chi connectivity index (χ1v) is 7.89. The molecule has 12 heteroatoms. The van der Waals surface area contributed by atoms with Crippen molar-refractivity contribution in [1.82, 2.24) is 0 Å². The summed E-state index contributed by atoms with van der Waals surface area (Å²) in [6, 6.07) is 0. The van der Waals surface area contributed by atoms with Gasteiger partial charge in [0.05, 0.1) is 0 Å². The smallest absolute Gasteiger partial charge is 0.199 e. The maximum absolute atomic E-state index is 14.0. The molecule has 2 aromatic carbocycles. The fourth-order valence-corrected chi connectivity index (χ4v) is 2.33. The van der Waals surface area contributed by atoms with Crippen molar-refractivity contribution in [3.8, 4) is 0 Å². The highest BCUT2D eigenvalue weighted by Crippen LogP contribution is 2.36. The highest BCUT2D eigenvalue weighted by Gasteiger charge is 2.26. The number of allylic oxidation sites excluding steroid dienone is 2. The van der Waals surface area contributed by atoms with Crippen molar-refractivity contribution in [2.75, 3.05) is 10.6 Å². The molecule has 0 aromatic heterocycles. The molecule has 0 bridgehead atoms. The Morgan fingerprint density at radius 2 is 0.800 bits per heavy atom. The first-order chi connectivity index (χ1) is 14.3. The largest absolute Gasteiger partial charge is 0.357 e. The van der Waals surface area contributed by atoms with Crippen LogP contribution >= 0.6 is 0 Å². The van der Waals surface area contributed by atoms with E-state index in [9.17, 15) is 35.1 Å². The lowest BCUT2D eigenvalue weighted by molar-refractivity contribution is 0.412. The van der Waals surface area contributed by atoms with Gasteiger partial charge in [-0.05, 0) is 12.2 Å². The molecule has 0 fully saturated rings. The topological polar surface area (TPSA) is 48.8 Å². The third kappa shape index (κ3) is 3.63. The summed E-state index contributed by atoms with van der Waals surface area (Å²) in [6.45, 7) is 0. The van der Waals surface area contributed by atoms with Crippen LogP contribution in [0.25, 0.3) is 0 Å². The van der Waals surface area contributed by atoms with Crippen LogP contribution in [0.4, 0.5) is 57.9 Å². The molecule has 0 amide bonds. The van der Waals surface area contributed by atoms with Crippen molar-refractivity contribution in [1.29, 1.82) is 0 Å². The summed E-state index contributed by atoms with van der Waals surface area (Å²) in [5.41, 5.74) is -3.59. The van der Waals surface area contributed by atoms with Crippen LogP contribution in [0.3, 0.4) is 0 Å². The molecule has 2 aromatic rings. The van der Waals surface area contributed by atoms with Gasteiger partial charge in [0.15, 0.2) is 46.5 Å². The van der Waals surface area contributed by atoms with Crippen molar-refractivity contribution in [3.63, 3.8) is 0 Å². The van der Waals surface area contributed by atoms with E-state index in [0.717, 1.165) is 37.0 Å². The van der Waals surface area contributed by atoms with E-state index < -0.39 is 69.3 Å². The van der Waals surface area contributed by atoms with Crippen LogP contribution in [0.2, 0.25) is 0 Å². The lowest BCUT2D eigenvalue weighted by Crippen LogP contribution is -2.04. The second-order valence-corrected chi connectivity index (χ2v) is 5.52. The molecule has 0 saturated carbocycles. The molecule has 1 heterocycles. The number of nitrogens with one attached hydrogen (secondary N) is 2. The Morgan fingerprint density at radius 3 is 1.17 bits per heavy atom. The summed E-state index contributed by atoms with van der Waals surface area (Å²) in [7, 11) is 0. The average molecular weight is 432 g/mol. The second-order valence-electron chi connectivity index (χ2n) is 5.52. The lowest BCUT2D eigenvalue weighted by Gasteiger charge is -2.11. The van der Waals surface area contributed by atoms with E-state index in [1.165, 1.54) is 0 Å². The van der Waals surface area contributed by atoms with Gasteiger partial charge >= 0.3 is 0 Å². The van der Waals surface area contributed by atoms with Gasteiger partial charge in [0.25, 0.3) is 0 Å². The van der Waals surface area contributed by atoms with Crippen molar-refractivity contribution >= 4 is 35.2 Å². The average Bonchev–Trinajstić information content (AvgIpc) is 2.74. The maximum atomic E-state index is 14.0. The van der Waals surface area contributed by atoms with Gasteiger partial charge in [0, 0.05) is 24.8 Å². The monoisotopic (exact) mass is 432 g/mol. The zero-order valence-electron chi connectivity index (χ0n) is 14.4.